The lowest BCUT2D eigenvalue weighted by Crippen LogP contribution is -2.49. The van der Waals surface area contributed by atoms with Gasteiger partial charge in [-0.15, -0.1) is 0 Å². The largest absolute Gasteiger partial charge is 0.480 e. The molecule has 0 radical (unpaired) electrons. The van der Waals surface area contributed by atoms with Crippen LogP contribution in [0, 0.1) is 5.92 Å². The molecule has 1 heterocycles. The van der Waals surface area contributed by atoms with Gasteiger partial charge in [0.05, 0.1) is 11.5 Å². The Balaban J connectivity index is 2.51. The quantitative estimate of drug-likeness (QED) is 0.603. The average Bonchev–Trinajstić information content (AvgIpc) is 2.25. The minimum Gasteiger partial charge on any atom is -0.480 e. The molecule has 8 heteroatoms. The summed E-state index contributed by atoms with van der Waals surface area (Å²) in [6, 6.07) is -1.37. The summed E-state index contributed by atoms with van der Waals surface area (Å²) in [5, 5.41) is 14.4. The molecule has 0 bridgehead atoms. The van der Waals surface area contributed by atoms with Crippen molar-refractivity contribution in [2.24, 2.45) is 5.92 Å². The van der Waals surface area contributed by atoms with Crippen molar-refractivity contribution in [1.29, 1.82) is 0 Å². The van der Waals surface area contributed by atoms with Crippen LogP contribution < -0.4 is 10.6 Å². The third-order valence-corrected chi connectivity index (χ3v) is 4.81. The van der Waals surface area contributed by atoms with Crippen molar-refractivity contribution in [3.05, 3.63) is 0 Å². The fourth-order valence-corrected chi connectivity index (χ4v) is 3.61. The zero-order chi connectivity index (χ0) is 15.3. The molecule has 0 aromatic heterocycles. The fourth-order valence-electron chi connectivity index (χ4n) is 2.17. The van der Waals surface area contributed by atoms with Crippen LogP contribution in [-0.4, -0.2) is 55.5 Å². The Morgan fingerprint density at radius 1 is 1.40 bits per heavy atom. The van der Waals surface area contributed by atoms with Gasteiger partial charge >= 0.3 is 5.97 Å². The molecule has 0 saturated carbocycles. The van der Waals surface area contributed by atoms with E-state index < -0.39 is 33.8 Å². The molecule has 3 N–H and O–H groups in total. The van der Waals surface area contributed by atoms with E-state index in [0.29, 0.717) is 13.0 Å². The van der Waals surface area contributed by atoms with Crippen molar-refractivity contribution in [2.75, 3.05) is 18.1 Å². The molecule has 0 aromatic carbocycles. The van der Waals surface area contributed by atoms with Crippen molar-refractivity contribution in [3.8, 4) is 0 Å². The van der Waals surface area contributed by atoms with Gasteiger partial charge < -0.3 is 15.7 Å². The molecule has 1 unspecified atom stereocenters. The summed E-state index contributed by atoms with van der Waals surface area (Å²) in [7, 11) is -3.10. The highest BCUT2D eigenvalue weighted by molar-refractivity contribution is 7.91. The number of hydrogen-bond donors (Lipinski definition) is 3. The Bertz CT molecular complexity index is 460. The molecule has 0 spiro atoms. The number of rotatable bonds is 6. The fraction of sp³-hybridized carbons (Fsp3) is 0.833. The van der Waals surface area contributed by atoms with Gasteiger partial charge in [0.1, 0.15) is 6.04 Å². The van der Waals surface area contributed by atoms with E-state index in [1.54, 1.807) is 0 Å². The van der Waals surface area contributed by atoms with Gasteiger partial charge in [-0.05, 0) is 12.3 Å². The van der Waals surface area contributed by atoms with Crippen LogP contribution in [0.5, 0.6) is 0 Å². The van der Waals surface area contributed by atoms with E-state index in [0.717, 1.165) is 0 Å². The van der Waals surface area contributed by atoms with Crippen LogP contribution >= 0.6 is 0 Å². The van der Waals surface area contributed by atoms with E-state index in [-0.39, 0.29) is 23.8 Å². The van der Waals surface area contributed by atoms with Crippen LogP contribution in [0.3, 0.4) is 0 Å². The third-order valence-electron chi connectivity index (χ3n) is 3.07. The van der Waals surface area contributed by atoms with Gasteiger partial charge in [-0.2, -0.15) is 0 Å². The monoisotopic (exact) mass is 306 g/mol. The Morgan fingerprint density at radius 2 is 2.05 bits per heavy atom. The lowest BCUT2D eigenvalue weighted by atomic mass is 10.0. The second kappa shape index (κ2) is 7.03. The van der Waals surface area contributed by atoms with Crippen molar-refractivity contribution >= 4 is 21.7 Å². The molecule has 1 aliphatic rings. The van der Waals surface area contributed by atoms with Gasteiger partial charge in [-0.3, -0.25) is 4.79 Å². The maximum absolute atomic E-state index is 11.8. The second-order valence-electron chi connectivity index (χ2n) is 5.56. The highest BCUT2D eigenvalue weighted by atomic mass is 32.2. The van der Waals surface area contributed by atoms with E-state index in [9.17, 15) is 18.0 Å². The SMILES string of the molecule is CC(C)C[C@@H](NC(=O)CC1CS(=O)(=O)CCN1)C(=O)O. The molecule has 1 aliphatic heterocycles. The number of hydrogen-bond acceptors (Lipinski definition) is 5. The van der Waals surface area contributed by atoms with E-state index >= 15 is 0 Å². The van der Waals surface area contributed by atoms with Crippen LogP contribution in [0.1, 0.15) is 26.7 Å². The number of carbonyl (C=O) groups is 2. The van der Waals surface area contributed by atoms with E-state index in [1.165, 1.54) is 0 Å². The van der Waals surface area contributed by atoms with Gasteiger partial charge in [0, 0.05) is 19.0 Å². The van der Waals surface area contributed by atoms with Crippen molar-refractivity contribution in [3.63, 3.8) is 0 Å². The zero-order valence-electron chi connectivity index (χ0n) is 11.8. The Labute approximate surface area is 119 Å². The maximum atomic E-state index is 11.8. The number of amides is 1. The standard InChI is InChI=1S/C12H22N2O5S/c1-8(2)5-10(12(16)17)14-11(15)6-9-7-20(18,19)4-3-13-9/h8-10,13H,3-7H2,1-2H3,(H,14,15)(H,16,17)/t9?,10-/m1/s1. The predicted molar refractivity (Wildman–Crippen MR) is 74.1 cm³/mol. The molecule has 1 amide bonds. The van der Waals surface area contributed by atoms with Gasteiger partial charge in [-0.1, -0.05) is 13.8 Å². The van der Waals surface area contributed by atoms with Crippen LogP contribution in [-0.2, 0) is 19.4 Å². The van der Waals surface area contributed by atoms with E-state index in [1.807, 2.05) is 13.8 Å². The summed E-state index contributed by atoms with van der Waals surface area (Å²) >= 11 is 0. The summed E-state index contributed by atoms with van der Waals surface area (Å²) in [5.74, 6) is -1.37. The number of carboxylic acids is 1. The molecule has 20 heavy (non-hydrogen) atoms. The molecular formula is C12H22N2O5S. The zero-order valence-corrected chi connectivity index (χ0v) is 12.6. The van der Waals surface area contributed by atoms with Crippen molar-refractivity contribution in [2.45, 2.75) is 38.8 Å². The lowest BCUT2D eigenvalue weighted by Gasteiger charge is -2.24. The molecule has 1 rings (SSSR count). The summed E-state index contributed by atoms with van der Waals surface area (Å²) < 4.78 is 22.9. The van der Waals surface area contributed by atoms with Crippen LogP contribution in [0.15, 0.2) is 0 Å². The topological polar surface area (TPSA) is 113 Å². The molecule has 0 aromatic rings. The third kappa shape index (κ3) is 5.87. The highest BCUT2D eigenvalue weighted by Gasteiger charge is 2.28. The molecule has 116 valence electrons. The number of aliphatic carboxylic acids is 1. The minimum atomic E-state index is -3.10. The molecule has 2 atom stereocenters. The second-order valence-corrected chi connectivity index (χ2v) is 7.79. The van der Waals surface area contributed by atoms with Gasteiger partial charge in [0.15, 0.2) is 9.84 Å². The number of carbonyl (C=O) groups excluding carboxylic acids is 1. The number of sulfone groups is 1. The van der Waals surface area contributed by atoms with Gasteiger partial charge in [0.2, 0.25) is 5.91 Å². The number of nitrogens with one attached hydrogen (secondary N) is 2. The van der Waals surface area contributed by atoms with Crippen LogP contribution in [0.4, 0.5) is 0 Å². The molecular weight excluding hydrogens is 284 g/mol. The Hall–Kier alpha value is -1.15. The molecule has 1 saturated heterocycles. The predicted octanol–water partition coefficient (Wildman–Crippen LogP) is -0.621. The first kappa shape index (κ1) is 16.9. The lowest BCUT2D eigenvalue weighted by molar-refractivity contribution is -0.142. The molecule has 7 nitrogen and oxygen atoms in total. The average molecular weight is 306 g/mol. The van der Waals surface area contributed by atoms with Gasteiger partial charge in [0.25, 0.3) is 0 Å². The Kier molecular flexibility index (Phi) is 5.94. The van der Waals surface area contributed by atoms with Crippen molar-refractivity contribution < 1.29 is 23.1 Å². The summed E-state index contributed by atoms with van der Waals surface area (Å²) in [4.78, 5) is 22.8. The maximum Gasteiger partial charge on any atom is 0.326 e. The van der Waals surface area contributed by atoms with Crippen molar-refractivity contribution in [1.82, 2.24) is 10.6 Å². The van der Waals surface area contributed by atoms with E-state index in [2.05, 4.69) is 10.6 Å². The summed E-state index contributed by atoms with van der Waals surface area (Å²) in [5.41, 5.74) is 0. The molecule has 1 fully saturated rings. The van der Waals surface area contributed by atoms with Crippen LogP contribution in [0.2, 0.25) is 0 Å². The first-order valence-electron chi connectivity index (χ1n) is 6.65. The normalized spacial score (nSPS) is 23.2. The Morgan fingerprint density at radius 3 is 2.55 bits per heavy atom. The van der Waals surface area contributed by atoms with Gasteiger partial charge in [-0.25, -0.2) is 13.2 Å². The summed E-state index contributed by atoms with van der Waals surface area (Å²) in [6.45, 7) is 4.07. The molecule has 0 aliphatic carbocycles. The number of carboxylic acid groups (broad SMARTS) is 1. The first-order valence-corrected chi connectivity index (χ1v) is 8.47. The highest BCUT2D eigenvalue weighted by Crippen LogP contribution is 2.08. The minimum absolute atomic E-state index is 0.0267. The first-order chi connectivity index (χ1) is 9.19. The van der Waals surface area contributed by atoms with E-state index in [4.69, 9.17) is 5.11 Å². The smallest absolute Gasteiger partial charge is 0.326 e. The summed E-state index contributed by atoms with van der Waals surface area (Å²) in [6.07, 6.45) is 0.318. The van der Waals surface area contributed by atoms with Crippen LogP contribution in [0.25, 0.3) is 0 Å².